The zero-order valence-electron chi connectivity index (χ0n) is 14.4. The van der Waals surface area contributed by atoms with E-state index >= 15 is 0 Å². The number of hydrogen-bond acceptors (Lipinski definition) is 6. The van der Waals surface area contributed by atoms with Crippen molar-refractivity contribution in [2.75, 3.05) is 20.2 Å². The number of halogens is 3. The van der Waals surface area contributed by atoms with Gasteiger partial charge in [-0.2, -0.15) is 23.1 Å². The lowest BCUT2D eigenvalue weighted by atomic mass is 10.1. The van der Waals surface area contributed by atoms with Gasteiger partial charge in [-0.25, -0.2) is 0 Å². The van der Waals surface area contributed by atoms with Crippen LogP contribution < -0.4 is 9.47 Å². The van der Waals surface area contributed by atoms with Crippen LogP contribution in [0.3, 0.4) is 0 Å². The highest BCUT2D eigenvalue weighted by Crippen LogP contribution is 2.28. The largest absolute Gasteiger partial charge is 0.494 e. The first-order chi connectivity index (χ1) is 12.9. The molecule has 0 spiro atoms. The molecule has 0 N–H and O–H groups in total. The molecule has 0 aromatic carbocycles. The maximum absolute atomic E-state index is 12.8. The van der Waals surface area contributed by atoms with Crippen LogP contribution in [0.25, 0.3) is 0 Å². The number of ether oxygens (including phenoxy) is 2. The summed E-state index contributed by atoms with van der Waals surface area (Å²) in [5.74, 6) is 0.0559. The van der Waals surface area contributed by atoms with Gasteiger partial charge in [-0.1, -0.05) is 0 Å². The quantitative estimate of drug-likeness (QED) is 0.809. The van der Waals surface area contributed by atoms with Crippen LogP contribution in [0.2, 0.25) is 0 Å². The van der Waals surface area contributed by atoms with E-state index in [0.29, 0.717) is 31.7 Å². The number of alkyl halides is 3. The second-order valence-corrected chi connectivity index (χ2v) is 5.94. The summed E-state index contributed by atoms with van der Waals surface area (Å²) in [6.07, 6.45) is 0.260. The molecule has 7 nitrogen and oxygen atoms in total. The van der Waals surface area contributed by atoms with Crippen molar-refractivity contribution >= 4 is 5.91 Å². The third-order valence-electron chi connectivity index (χ3n) is 4.14. The van der Waals surface area contributed by atoms with Crippen molar-refractivity contribution in [1.29, 1.82) is 0 Å². The molecule has 1 amide bonds. The summed E-state index contributed by atoms with van der Waals surface area (Å²) in [5, 5.41) is 0. The van der Waals surface area contributed by atoms with Gasteiger partial charge in [-0.05, 0) is 12.1 Å². The minimum Gasteiger partial charge on any atom is -0.494 e. The summed E-state index contributed by atoms with van der Waals surface area (Å²) in [7, 11) is 1.51. The predicted octanol–water partition coefficient (Wildman–Crippen LogP) is 2.58. The smallest absolute Gasteiger partial charge is 0.433 e. The molecule has 0 aliphatic carbocycles. The molecule has 1 fully saturated rings. The van der Waals surface area contributed by atoms with Crippen LogP contribution in [0.5, 0.6) is 11.8 Å². The van der Waals surface area contributed by atoms with Crippen LogP contribution >= 0.6 is 0 Å². The Morgan fingerprint density at radius 2 is 1.85 bits per heavy atom. The minimum atomic E-state index is -4.59. The van der Waals surface area contributed by atoms with E-state index in [1.807, 2.05) is 0 Å². The van der Waals surface area contributed by atoms with E-state index in [9.17, 15) is 18.0 Å². The Morgan fingerprint density at radius 3 is 2.44 bits per heavy atom. The summed E-state index contributed by atoms with van der Waals surface area (Å²) in [5.41, 5.74) is -1.11. The van der Waals surface area contributed by atoms with Gasteiger partial charge in [0.25, 0.3) is 5.91 Å². The van der Waals surface area contributed by atoms with Crippen LogP contribution in [0.1, 0.15) is 28.9 Å². The van der Waals surface area contributed by atoms with E-state index in [1.165, 1.54) is 30.5 Å². The summed E-state index contributed by atoms with van der Waals surface area (Å²) in [6, 6.07) is 2.27. The van der Waals surface area contributed by atoms with Crippen molar-refractivity contribution in [3.8, 4) is 11.8 Å². The molecule has 0 radical (unpaired) electrons. The SMILES string of the molecule is COc1cnc(OC2CCN(C(=O)c3ccnc(C(F)(F)F)c3)CC2)nc1. The van der Waals surface area contributed by atoms with Gasteiger partial charge >= 0.3 is 12.2 Å². The number of pyridine rings is 1. The maximum Gasteiger partial charge on any atom is 0.433 e. The maximum atomic E-state index is 12.8. The molecular weight excluding hydrogens is 365 g/mol. The number of hydrogen-bond donors (Lipinski definition) is 0. The van der Waals surface area contributed by atoms with E-state index in [2.05, 4.69) is 15.0 Å². The summed E-state index contributed by atoms with van der Waals surface area (Å²) >= 11 is 0. The van der Waals surface area contributed by atoms with Gasteiger partial charge in [-0.15, -0.1) is 0 Å². The molecule has 1 aliphatic rings. The molecule has 27 heavy (non-hydrogen) atoms. The third-order valence-corrected chi connectivity index (χ3v) is 4.14. The molecule has 0 saturated carbocycles. The Labute approximate surface area is 153 Å². The molecule has 3 heterocycles. The number of aromatic nitrogens is 3. The molecule has 3 rings (SSSR count). The van der Waals surface area contributed by atoms with Crippen molar-refractivity contribution < 1.29 is 27.4 Å². The van der Waals surface area contributed by atoms with Crippen molar-refractivity contribution in [3.63, 3.8) is 0 Å². The fourth-order valence-electron chi connectivity index (χ4n) is 2.70. The standard InChI is InChI=1S/C17H17F3N4O3/c1-26-13-9-22-16(23-10-13)27-12-3-6-24(7-4-12)15(25)11-2-5-21-14(8-11)17(18,19)20/h2,5,8-10,12H,3-4,6-7H2,1H3. The first kappa shape index (κ1) is 18.9. The fourth-order valence-corrected chi connectivity index (χ4v) is 2.70. The van der Waals surface area contributed by atoms with Crippen LogP contribution in [0.15, 0.2) is 30.7 Å². The Kier molecular flexibility index (Phi) is 5.43. The van der Waals surface area contributed by atoms with Crippen molar-refractivity contribution in [2.24, 2.45) is 0 Å². The number of likely N-dealkylation sites (tertiary alicyclic amines) is 1. The molecule has 0 atom stereocenters. The molecule has 0 bridgehead atoms. The average Bonchev–Trinajstić information content (AvgIpc) is 2.68. The number of rotatable bonds is 4. The van der Waals surface area contributed by atoms with Crippen molar-refractivity contribution in [1.82, 2.24) is 19.9 Å². The van der Waals surface area contributed by atoms with Gasteiger partial charge in [0.1, 0.15) is 11.8 Å². The number of nitrogens with zero attached hydrogens (tertiary/aromatic N) is 4. The van der Waals surface area contributed by atoms with Gasteiger partial charge in [0.2, 0.25) is 0 Å². The zero-order valence-corrected chi connectivity index (χ0v) is 14.4. The number of piperidine rings is 1. The van der Waals surface area contributed by atoms with Gasteiger partial charge in [0.05, 0.1) is 19.5 Å². The lowest BCUT2D eigenvalue weighted by molar-refractivity contribution is -0.141. The summed E-state index contributed by atoms with van der Waals surface area (Å²) in [6.45, 7) is 0.729. The summed E-state index contributed by atoms with van der Waals surface area (Å²) in [4.78, 5) is 25.3. The molecule has 10 heteroatoms. The average molecular weight is 382 g/mol. The lowest BCUT2D eigenvalue weighted by Crippen LogP contribution is -2.42. The molecule has 1 saturated heterocycles. The van der Waals surface area contributed by atoms with Gasteiger partial charge in [0.15, 0.2) is 5.75 Å². The van der Waals surface area contributed by atoms with Gasteiger partial charge in [-0.3, -0.25) is 9.78 Å². The minimum absolute atomic E-state index is 0.0322. The Morgan fingerprint density at radius 1 is 1.19 bits per heavy atom. The number of carbonyl (C=O) groups excluding carboxylic acids is 1. The van der Waals surface area contributed by atoms with Gasteiger partial charge in [0, 0.05) is 37.7 Å². The second kappa shape index (κ2) is 7.77. The Bertz CT molecular complexity index is 791. The number of methoxy groups -OCH3 is 1. The van der Waals surface area contributed by atoms with Crippen LogP contribution in [-0.4, -0.2) is 52.1 Å². The van der Waals surface area contributed by atoms with Crippen LogP contribution in [-0.2, 0) is 6.18 Å². The second-order valence-electron chi connectivity index (χ2n) is 5.94. The van der Waals surface area contributed by atoms with Crippen molar-refractivity contribution in [3.05, 3.63) is 42.0 Å². The molecule has 0 unspecified atom stereocenters. The van der Waals surface area contributed by atoms with E-state index in [0.717, 1.165) is 12.3 Å². The molecule has 2 aromatic heterocycles. The van der Waals surface area contributed by atoms with E-state index < -0.39 is 17.8 Å². The van der Waals surface area contributed by atoms with Crippen LogP contribution in [0.4, 0.5) is 13.2 Å². The Hall–Kier alpha value is -2.91. The summed E-state index contributed by atoms with van der Waals surface area (Å²) < 4.78 is 48.9. The van der Waals surface area contributed by atoms with Gasteiger partial charge < -0.3 is 14.4 Å². The highest BCUT2D eigenvalue weighted by Gasteiger charge is 2.33. The van der Waals surface area contributed by atoms with E-state index in [-0.39, 0.29) is 17.7 Å². The normalized spacial score (nSPS) is 15.5. The van der Waals surface area contributed by atoms with E-state index in [1.54, 1.807) is 0 Å². The number of amides is 1. The Balaban J connectivity index is 1.57. The fraction of sp³-hybridized carbons (Fsp3) is 0.412. The predicted molar refractivity (Wildman–Crippen MR) is 87.4 cm³/mol. The third kappa shape index (κ3) is 4.63. The molecular formula is C17H17F3N4O3. The highest BCUT2D eigenvalue weighted by atomic mass is 19.4. The monoisotopic (exact) mass is 382 g/mol. The molecule has 1 aliphatic heterocycles. The first-order valence-corrected chi connectivity index (χ1v) is 8.22. The molecule has 144 valence electrons. The first-order valence-electron chi connectivity index (χ1n) is 8.22. The zero-order chi connectivity index (χ0) is 19.4. The number of carbonyl (C=O) groups is 1. The lowest BCUT2D eigenvalue weighted by Gasteiger charge is -2.31. The topological polar surface area (TPSA) is 77.4 Å². The van der Waals surface area contributed by atoms with E-state index in [4.69, 9.17) is 9.47 Å². The van der Waals surface area contributed by atoms with Crippen LogP contribution in [0, 0.1) is 0 Å². The van der Waals surface area contributed by atoms with Crippen molar-refractivity contribution in [2.45, 2.75) is 25.1 Å². The highest BCUT2D eigenvalue weighted by molar-refractivity contribution is 5.94. The molecule has 2 aromatic rings.